The van der Waals surface area contributed by atoms with Crippen LogP contribution in [0.5, 0.6) is 0 Å². The van der Waals surface area contributed by atoms with E-state index in [9.17, 15) is 9.90 Å². The third-order valence-electron chi connectivity index (χ3n) is 4.37. The number of rotatable bonds is 6. The van der Waals surface area contributed by atoms with Gasteiger partial charge in [0.15, 0.2) is 0 Å². The summed E-state index contributed by atoms with van der Waals surface area (Å²) in [4.78, 5) is 11.2. The highest BCUT2D eigenvalue weighted by molar-refractivity contribution is 5.68. The second kappa shape index (κ2) is 7.07. The van der Waals surface area contributed by atoms with Crippen molar-refractivity contribution in [1.82, 2.24) is 0 Å². The fourth-order valence-corrected chi connectivity index (χ4v) is 2.90. The molecule has 2 aromatic rings. The Labute approximate surface area is 126 Å². The molecule has 0 spiro atoms. The molecule has 0 aliphatic heterocycles. The SMILES string of the molecule is CC(c1ccccc1)C(C)C(CC(=O)O)c1ccccc1. The molecule has 2 rings (SSSR count). The van der Waals surface area contributed by atoms with Crippen LogP contribution in [0.2, 0.25) is 0 Å². The van der Waals surface area contributed by atoms with E-state index in [4.69, 9.17) is 0 Å². The molecular weight excluding hydrogens is 260 g/mol. The maximum absolute atomic E-state index is 11.2. The zero-order valence-corrected chi connectivity index (χ0v) is 12.6. The lowest BCUT2D eigenvalue weighted by molar-refractivity contribution is -0.137. The average molecular weight is 282 g/mol. The van der Waals surface area contributed by atoms with Gasteiger partial charge < -0.3 is 5.11 Å². The van der Waals surface area contributed by atoms with E-state index >= 15 is 0 Å². The molecule has 0 aromatic heterocycles. The van der Waals surface area contributed by atoms with E-state index in [2.05, 4.69) is 26.0 Å². The minimum absolute atomic E-state index is 0.0268. The fourth-order valence-electron chi connectivity index (χ4n) is 2.90. The molecule has 2 nitrogen and oxygen atoms in total. The summed E-state index contributed by atoms with van der Waals surface area (Å²) in [5, 5.41) is 9.25. The number of benzene rings is 2. The highest BCUT2D eigenvalue weighted by Gasteiger charge is 2.27. The topological polar surface area (TPSA) is 37.3 Å². The van der Waals surface area contributed by atoms with Crippen LogP contribution < -0.4 is 0 Å². The van der Waals surface area contributed by atoms with Gasteiger partial charge in [-0.2, -0.15) is 0 Å². The predicted octanol–water partition coefficient (Wildman–Crippen LogP) is 4.68. The molecule has 0 aliphatic rings. The third-order valence-corrected chi connectivity index (χ3v) is 4.37. The van der Waals surface area contributed by atoms with E-state index in [0.29, 0.717) is 5.92 Å². The van der Waals surface area contributed by atoms with Crippen molar-refractivity contribution < 1.29 is 9.90 Å². The molecule has 0 aliphatic carbocycles. The van der Waals surface area contributed by atoms with Gasteiger partial charge in [0.25, 0.3) is 0 Å². The average Bonchev–Trinajstić information content (AvgIpc) is 2.53. The second-order valence-corrected chi connectivity index (χ2v) is 5.67. The van der Waals surface area contributed by atoms with Crippen molar-refractivity contribution in [2.45, 2.75) is 32.1 Å². The van der Waals surface area contributed by atoms with Crippen molar-refractivity contribution in [2.24, 2.45) is 5.92 Å². The Morgan fingerprint density at radius 3 is 1.86 bits per heavy atom. The van der Waals surface area contributed by atoms with Gasteiger partial charge >= 0.3 is 5.97 Å². The Hall–Kier alpha value is -2.09. The molecule has 0 radical (unpaired) electrons. The lowest BCUT2D eigenvalue weighted by Gasteiger charge is -2.29. The summed E-state index contributed by atoms with van der Waals surface area (Å²) in [6.07, 6.45) is 0.169. The van der Waals surface area contributed by atoms with Crippen LogP contribution in [0.15, 0.2) is 60.7 Å². The van der Waals surface area contributed by atoms with E-state index in [1.807, 2.05) is 48.5 Å². The summed E-state index contributed by atoms with van der Waals surface area (Å²) >= 11 is 0. The van der Waals surface area contributed by atoms with Crippen molar-refractivity contribution in [3.05, 3.63) is 71.8 Å². The largest absolute Gasteiger partial charge is 0.481 e. The quantitative estimate of drug-likeness (QED) is 0.835. The maximum Gasteiger partial charge on any atom is 0.303 e. The van der Waals surface area contributed by atoms with Gasteiger partial charge in [-0.25, -0.2) is 0 Å². The molecule has 0 heterocycles. The summed E-state index contributed by atoms with van der Waals surface area (Å²) in [5.41, 5.74) is 2.37. The van der Waals surface area contributed by atoms with E-state index in [-0.39, 0.29) is 18.3 Å². The lowest BCUT2D eigenvalue weighted by atomic mass is 9.75. The second-order valence-electron chi connectivity index (χ2n) is 5.67. The Balaban J connectivity index is 2.26. The first-order valence-corrected chi connectivity index (χ1v) is 7.41. The first-order chi connectivity index (χ1) is 10.1. The number of aliphatic carboxylic acids is 1. The van der Waals surface area contributed by atoms with Crippen molar-refractivity contribution in [3.8, 4) is 0 Å². The molecule has 110 valence electrons. The lowest BCUT2D eigenvalue weighted by Crippen LogP contribution is -2.19. The summed E-state index contributed by atoms with van der Waals surface area (Å²) in [7, 11) is 0. The molecule has 0 amide bonds. The van der Waals surface area contributed by atoms with Gasteiger partial charge in [0, 0.05) is 0 Å². The molecule has 21 heavy (non-hydrogen) atoms. The number of hydrogen-bond acceptors (Lipinski definition) is 1. The molecular formula is C19H22O2. The van der Waals surface area contributed by atoms with Crippen LogP contribution in [0, 0.1) is 5.92 Å². The van der Waals surface area contributed by atoms with Crippen molar-refractivity contribution in [2.75, 3.05) is 0 Å². The summed E-state index contributed by atoms with van der Waals surface area (Å²) < 4.78 is 0. The van der Waals surface area contributed by atoms with Gasteiger partial charge in [-0.05, 0) is 28.9 Å². The third kappa shape index (κ3) is 3.94. The zero-order chi connectivity index (χ0) is 15.2. The van der Waals surface area contributed by atoms with Gasteiger partial charge in [-0.15, -0.1) is 0 Å². The first kappa shape index (κ1) is 15.3. The maximum atomic E-state index is 11.2. The predicted molar refractivity (Wildman–Crippen MR) is 85.5 cm³/mol. The van der Waals surface area contributed by atoms with Gasteiger partial charge in [0.1, 0.15) is 0 Å². The van der Waals surface area contributed by atoms with Gasteiger partial charge in [-0.3, -0.25) is 4.79 Å². The van der Waals surface area contributed by atoms with E-state index < -0.39 is 5.97 Å². The van der Waals surface area contributed by atoms with Crippen LogP contribution in [0.3, 0.4) is 0 Å². The minimum atomic E-state index is -0.740. The highest BCUT2D eigenvalue weighted by atomic mass is 16.4. The molecule has 0 bridgehead atoms. The van der Waals surface area contributed by atoms with Gasteiger partial charge in [0.05, 0.1) is 6.42 Å². The van der Waals surface area contributed by atoms with E-state index in [1.54, 1.807) is 0 Å². The molecule has 0 saturated heterocycles. The normalized spacial score (nSPS) is 15.1. The van der Waals surface area contributed by atoms with Crippen LogP contribution in [-0.2, 0) is 4.79 Å². The zero-order valence-electron chi connectivity index (χ0n) is 12.6. The minimum Gasteiger partial charge on any atom is -0.481 e. The fraction of sp³-hybridized carbons (Fsp3) is 0.316. The van der Waals surface area contributed by atoms with Crippen LogP contribution >= 0.6 is 0 Å². The van der Waals surface area contributed by atoms with Gasteiger partial charge in [-0.1, -0.05) is 74.5 Å². The van der Waals surface area contributed by atoms with Crippen LogP contribution in [0.4, 0.5) is 0 Å². The molecule has 0 saturated carbocycles. The number of carboxylic acids is 1. The Bertz CT molecular complexity index is 563. The summed E-state index contributed by atoms with van der Waals surface area (Å²) in [6, 6.07) is 20.3. The van der Waals surface area contributed by atoms with Crippen LogP contribution in [-0.4, -0.2) is 11.1 Å². The molecule has 2 heteroatoms. The van der Waals surface area contributed by atoms with Crippen LogP contribution in [0.25, 0.3) is 0 Å². The van der Waals surface area contributed by atoms with Crippen molar-refractivity contribution in [1.29, 1.82) is 0 Å². The standard InChI is InChI=1S/C19H22O2/c1-14(16-9-5-3-6-10-16)15(2)18(13-19(20)21)17-11-7-4-8-12-17/h3-12,14-15,18H,13H2,1-2H3,(H,20,21). The first-order valence-electron chi connectivity index (χ1n) is 7.41. The van der Waals surface area contributed by atoms with Crippen molar-refractivity contribution >= 4 is 5.97 Å². The summed E-state index contributed by atoms with van der Waals surface area (Å²) in [5.74, 6) is -0.142. The van der Waals surface area contributed by atoms with Gasteiger partial charge in [0.2, 0.25) is 0 Å². The van der Waals surface area contributed by atoms with E-state index in [1.165, 1.54) is 5.56 Å². The number of hydrogen-bond donors (Lipinski definition) is 1. The van der Waals surface area contributed by atoms with E-state index in [0.717, 1.165) is 5.56 Å². The molecule has 1 N–H and O–H groups in total. The monoisotopic (exact) mass is 282 g/mol. The molecule has 0 fully saturated rings. The smallest absolute Gasteiger partial charge is 0.303 e. The number of carbonyl (C=O) groups is 1. The van der Waals surface area contributed by atoms with Crippen molar-refractivity contribution in [3.63, 3.8) is 0 Å². The number of carboxylic acid groups (broad SMARTS) is 1. The Morgan fingerprint density at radius 2 is 1.38 bits per heavy atom. The highest BCUT2D eigenvalue weighted by Crippen LogP contribution is 2.37. The Morgan fingerprint density at radius 1 is 0.905 bits per heavy atom. The Kier molecular flexibility index (Phi) is 5.15. The molecule has 3 unspecified atom stereocenters. The molecule has 3 atom stereocenters. The molecule has 2 aromatic carbocycles. The van der Waals surface area contributed by atoms with Crippen LogP contribution in [0.1, 0.15) is 43.2 Å². The summed E-state index contributed by atoms with van der Waals surface area (Å²) in [6.45, 7) is 4.33.